The zero-order chi connectivity index (χ0) is 16.4. The molecular formula is C17H16N2O4. The molecule has 0 aliphatic rings. The molecule has 1 atom stereocenters. The third-order valence-corrected chi connectivity index (χ3v) is 3.52. The van der Waals surface area contributed by atoms with Crippen LogP contribution in [-0.2, 0) is 17.6 Å². The highest BCUT2D eigenvalue weighted by Crippen LogP contribution is 2.25. The third kappa shape index (κ3) is 3.54. The van der Waals surface area contributed by atoms with E-state index in [0.717, 1.165) is 11.3 Å². The van der Waals surface area contributed by atoms with Crippen molar-refractivity contribution in [3.05, 3.63) is 59.2 Å². The molecule has 3 rings (SSSR count). The maximum absolute atomic E-state index is 10.8. The zero-order valence-electron chi connectivity index (χ0n) is 12.6. The van der Waals surface area contributed by atoms with Crippen molar-refractivity contribution in [3.63, 3.8) is 0 Å². The minimum atomic E-state index is -0.914. The number of hydrogen-bond donors (Lipinski definition) is 2. The number of carboxylic acid groups (broad SMARTS) is 1. The van der Waals surface area contributed by atoms with Gasteiger partial charge in [0.05, 0.1) is 6.42 Å². The molecular weight excluding hydrogens is 296 g/mol. The van der Waals surface area contributed by atoms with Crippen molar-refractivity contribution < 1.29 is 19.4 Å². The van der Waals surface area contributed by atoms with Crippen LogP contribution in [0.4, 0.5) is 0 Å². The minimum absolute atomic E-state index is 0.0949. The number of carbonyl (C=O) groups is 1. The van der Waals surface area contributed by atoms with Gasteiger partial charge in [-0.2, -0.15) is 0 Å². The predicted molar refractivity (Wildman–Crippen MR) is 83.0 cm³/mol. The molecule has 1 unspecified atom stereocenters. The molecule has 118 valence electrons. The molecule has 3 aromatic heterocycles. The van der Waals surface area contributed by atoms with Crippen LogP contribution in [-0.4, -0.2) is 26.2 Å². The summed E-state index contributed by atoms with van der Waals surface area (Å²) in [5, 5.41) is 19.9. The quantitative estimate of drug-likeness (QED) is 0.751. The highest BCUT2D eigenvalue weighted by Gasteiger charge is 2.15. The molecule has 3 heterocycles. The Labute approximate surface area is 132 Å². The van der Waals surface area contributed by atoms with Crippen LogP contribution in [0.2, 0.25) is 0 Å². The van der Waals surface area contributed by atoms with Gasteiger partial charge in [-0.05, 0) is 42.3 Å². The van der Waals surface area contributed by atoms with Crippen LogP contribution in [0.5, 0.6) is 0 Å². The first-order valence-corrected chi connectivity index (χ1v) is 7.21. The van der Waals surface area contributed by atoms with E-state index in [-0.39, 0.29) is 6.42 Å². The molecule has 0 aromatic carbocycles. The van der Waals surface area contributed by atoms with Gasteiger partial charge >= 0.3 is 5.97 Å². The van der Waals surface area contributed by atoms with Crippen LogP contribution >= 0.6 is 0 Å². The molecule has 23 heavy (non-hydrogen) atoms. The van der Waals surface area contributed by atoms with Crippen LogP contribution in [0.1, 0.15) is 28.7 Å². The first-order valence-electron chi connectivity index (χ1n) is 7.21. The molecule has 0 spiro atoms. The van der Waals surface area contributed by atoms with E-state index in [1.165, 1.54) is 6.20 Å². The molecule has 0 saturated heterocycles. The normalized spacial score (nSPS) is 12.4. The number of aryl methyl sites for hydroxylation is 1. The Bertz CT molecular complexity index is 857. The van der Waals surface area contributed by atoms with E-state index >= 15 is 0 Å². The Morgan fingerprint density at radius 1 is 1.26 bits per heavy atom. The molecule has 0 aliphatic heterocycles. The summed E-state index contributed by atoms with van der Waals surface area (Å²) in [6, 6.07) is 7.18. The summed E-state index contributed by atoms with van der Waals surface area (Å²) in [6.07, 6.45) is 2.69. The van der Waals surface area contributed by atoms with Crippen molar-refractivity contribution in [2.45, 2.75) is 25.9 Å². The highest BCUT2D eigenvalue weighted by molar-refractivity contribution is 5.77. The van der Waals surface area contributed by atoms with Crippen LogP contribution < -0.4 is 0 Å². The Morgan fingerprint density at radius 2 is 2.09 bits per heavy atom. The number of hydrogen-bond acceptors (Lipinski definition) is 5. The second-order valence-corrected chi connectivity index (χ2v) is 5.48. The van der Waals surface area contributed by atoms with Crippen molar-refractivity contribution in [3.8, 4) is 0 Å². The van der Waals surface area contributed by atoms with Gasteiger partial charge in [0, 0.05) is 29.9 Å². The predicted octanol–water partition coefficient (Wildman–Crippen LogP) is 2.43. The van der Waals surface area contributed by atoms with Crippen molar-refractivity contribution in [2.75, 3.05) is 0 Å². The largest absolute Gasteiger partial charge is 0.481 e. The molecule has 0 fully saturated rings. The highest BCUT2D eigenvalue weighted by atomic mass is 16.4. The number of aromatic nitrogens is 2. The first kappa shape index (κ1) is 15.2. The number of furan rings is 1. The fourth-order valence-corrected chi connectivity index (χ4v) is 2.49. The van der Waals surface area contributed by atoms with Gasteiger partial charge in [0.1, 0.15) is 11.9 Å². The van der Waals surface area contributed by atoms with Gasteiger partial charge < -0.3 is 14.6 Å². The summed E-state index contributed by atoms with van der Waals surface area (Å²) in [5.74, 6) is -0.502. The lowest BCUT2D eigenvalue weighted by Gasteiger charge is -2.07. The lowest BCUT2D eigenvalue weighted by Crippen LogP contribution is -2.01. The monoisotopic (exact) mass is 312 g/mol. The van der Waals surface area contributed by atoms with Crippen molar-refractivity contribution in [1.82, 2.24) is 9.97 Å². The van der Waals surface area contributed by atoms with E-state index in [2.05, 4.69) is 9.97 Å². The van der Waals surface area contributed by atoms with Crippen molar-refractivity contribution in [2.24, 2.45) is 0 Å². The molecule has 0 aliphatic carbocycles. The van der Waals surface area contributed by atoms with E-state index in [9.17, 15) is 9.90 Å². The lowest BCUT2D eigenvalue weighted by atomic mass is 10.1. The fraction of sp³-hybridized carbons (Fsp3) is 0.235. The summed E-state index contributed by atoms with van der Waals surface area (Å²) >= 11 is 0. The maximum Gasteiger partial charge on any atom is 0.307 e. The van der Waals surface area contributed by atoms with Gasteiger partial charge in [-0.3, -0.25) is 9.78 Å². The number of carboxylic acids is 1. The van der Waals surface area contributed by atoms with Crippen LogP contribution in [0.25, 0.3) is 11.1 Å². The van der Waals surface area contributed by atoms with Gasteiger partial charge in [-0.1, -0.05) is 0 Å². The van der Waals surface area contributed by atoms with E-state index in [1.807, 2.05) is 19.1 Å². The summed E-state index contributed by atoms with van der Waals surface area (Å²) in [6.45, 7) is 1.89. The number of fused-ring (bicyclic) bond motifs is 1. The number of pyridine rings is 2. The SMILES string of the molecule is Cc1cc(CC(O)c2cc3cc(CC(=O)O)cnc3o2)ccn1. The molecule has 0 radical (unpaired) electrons. The van der Waals surface area contributed by atoms with Gasteiger partial charge in [-0.15, -0.1) is 0 Å². The topological polar surface area (TPSA) is 96.5 Å². The molecule has 6 nitrogen and oxygen atoms in total. The first-order chi connectivity index (χ1) is 11.0. The number of nitrogens with zero attached hydrogens (tertiary/aromatic N) is 2. The Morgan fingerprint density at radius 3 is 2.83 bits per heavy atom. The van der Waals surface area contributed by atoms with Gasteiger partial charge in [0.2, 0.25) is 5.71 Å². The summed E-state index contributed by atoms with van der Waals surface area (Å²) in [5.41, 5.74) is 2.83. The Hall–Kier alpha value is -2.73. The van der Waals surface area contributed by atoms with Crippen LogP contribution in [0.15, 0.2) is 41.1 Å². The smallest absolute Gasteiger partial charge is 0.307 e. The van der Waals surface area contributed by atoms with Gasteiger partial charge in [0.15, 0.2) is 0 Å². The van der Waals surface area contributed by atoms with E-state index in [4.69, 9.17) is 9.52 Å². The molecule has 3 aromatic rings. The molecule has 6 heteroatoms. The lowest BCUT2D eigenvalue weighted by molar-refractivity contribution is -0.136. The second-order valence-electron chi connectivity index (χ2n) is 5.48. The summed E-state index contributed by atoms with van der Waals surface area (Å²) in [4.78, 5) is 19.0. The van der Waals surface area contributed by atoms with Gasteiger partial charge in [0.25, 0.3) is 0 Å². The van der Waals surface area contributed by atoms with Gasteiger partial charge in [-0.25, -0.2) is 4.98 Å². The molecule has 2 N–H and O–H groups in total. The fourth-order valence-electron chi connectivity index (χ4n) is 2.49. The number of rotatable bonds is 5. The number of aliphatic hydroxyl groups is 1. The zero-order valence-corrected chi connectivity index (χ0v) is 12.6. The number of aliphatic carboxylic acids is 1. The average Bonchev–Trinajstić information content (AvgIpc) is 2.90. The Kier molecular flexibility index (Phi) is 4.08. The van der Waals surface area contributed by atoms with E-state index < -0.39 is 12.1 Å². The summed E-state index contributed by atoms with van der Waals surface area (Å²) < 4.78 is 5.57. The average molecular weight is 312 g/mol. The standard InChI is InChI=1S/C17H16N2O4/c1-10-4-11(2-3-18-10)6-14(20)15-8-13-5-12(7-16(21)22)9-19-17(13)23-15/h2-5,8-9,14,20H,6-7H2,1H3,(H,21,22). The third-order valence-electron chi connectivity index (χ3n) is 3.52. The molecule has 0 amide bonds. The minimum Gasteiger partial charge on any atom is -0.481 e. The molecule has 0 bridgehead atoms. The van der Waals surface area contributed by atoms with E-state index in [0.29, 0.717) is 28.8 Å². The van der Waals surface area contributed by atoms with Crippen LogP contribution in [0.3, 0.4) is 0 Å². The maximum atomic E-state index is 10.8. The second kappa shape index (κ2) is 6.18. The van der Waals surface area contributed by atoms with Crippen molar-refractivity contribution in [1.29, 1.82) is 0 Å². The Balaban J connectivity index is 1.83. The van der Waals surface area contributed by atoms with Crippen molar-refractivity contribution >= 4 is 17.1 Å². The molecule has 0 saturated carbocycles. The van der Waals surface area contributed by atoms with Crippen LogP contribution in [0, 0.1) is 6.92 Å². The van der Waals surface area contributed by atoms with E-state index in [1.54, 1.807) is 18.3 Å². The summed E-state index contributed by atoms with van der Waals surface area (Å²) in [7, 11) is 0. The number of aliphatic hydroxyl groups excluding tert-OH is 1.